The smallest absolute Gasteiger partial charge is 0.0746 e. The highest BCUT2D eigenvalue weighted by Crippen LogP contribution is 2.32. The first-order valence-electron chi connectivity index (χ1n) is 5.51. The fraction of sp³-hybridized carbons (Fsp3) is 0.833. The Kier molecular flexibility index (Phi) is 6.85. The summed E-state index contributed by atoms with van der Waals surface area (Å²) in [6, 6.07) is 0. The number of hydrogen-bond acceptors (Lipinski definition) is 2. The lowest BCUT2D eigenvalue weighted by Crippen LogP contribution is -2.11. The number of rotatable bonds is 4. The average Bonchev–Trinajstić information content (AvgIpc) is 2.99. The molecule has 1 rings (SSSR count). The minimum atomic E-state index is -0.222. The van der Waals surface area contributed by atoms with Gasteiger partial charge in [-0.3, -0.25) is 0 Å². The first-order valence-corrected chi connectivity index (χ1v) is 5.51. The van der Waals surface area contributed by atoms with Crippen molar-refractivity contribution in [3.63, 3.8) is 0 Å². The van der Waals surface area contributed by atoms with E-state index in [1.54, 1.807) is 6.08 Å². The van der Waals surface area contributed by atoms with E-state index in [2.05, 4.69) is 6.58 Å². The molecule has 0 aromatic heterocycles. The standard InChI is InChI=1S/C6H10O.C6H14O/c1-2-6(7)5-3-4-5;1-4-6(7)5(2)3/h2,5-7H,1,3-4H2;5-7H,4H2,1-3H3. The van der Waals surface area contributed by atoms with Gasteiger partial charge in [0.25, 0.3) is 0 Å². The third-order valence-corrected chi connectivity index (χ3v) is 2.53. The van der Waals surface area contributed by atoms with Crippen LogP contribution in [0.4, 0.5) is 0 Å². The highest BCUT2D eigenvalue weighted by Gasteiger charge is 2.26. The van der Waals surface area contributed by atoms with Gasteiger partial charge in [0.2, 0.25) is 0 Å². The van der Waals surface area contributed by atoms with Crippen LogP contribution in [0.1, 0.15) is 40.0 Å². The fourth-order valence-electron chi connectivity index (χ4n) is 1.10. The molecule has 0 radical (unpaired) electrons. The van der Waals surface area contributed by atoms with Crippen LogP contribution in [0, 0.1) is 11.8 Å². The SMILES string of the molecule is C=CC(O)C1CC1.CCC(O)C(C)C. The summed E-state index contributed by atoms with van der Waals surface area (Å²) in [6.07, 6.45) is 4.54. The Morgan fingerprint density at radius 1 is 1.36 bits per heavy atom. The highest BCUT2D eigenvalue weighted by molar-refractivity contribution is 4.91. The second-order valence-corrected chi connectivity index (χ2v) is 4.28. The van der Waals surface area contributed by atoms with Crippen molar-refractivity contribution in [3.8, 4) is 0 Å². The summed E-state index contributed by atoms with van der Waals surface area (Å²) < 4.78 is 0. The molecule has 0 spiro atoms. The summed E-state index contributed by atoms with van der Waals surface area (Å²) in [6.45, 7) is 9.51. The van der Waals surface area contributed by atoms with Crippen molar-refractivity contribution in [1.29, 1.82) is 0 Å². The van der Waals surface area contributed by atoms with E-state index in [0.717, 1.165) is 6.42 Å². The third-order valence-electron chi connectivity index (χ3n) is 2.53. The second kappa shape index (κ2) is 7.02. The van der Waals surface area contributed by atoms with Crippen molar-refractivity contribution in [3.05, 3.63) is 12.7 Å². The molecule has 2 unspecified atom stereocenters. The van der Waals surface area contributed by atoms with Gasteiger partial charge < -0.3 is 10.2 Å². The summed E-state index contributed by atoms with van der Waals surface area (Å²) in [5.41, 5.74) is 0. The first kappa shape index (κ1) is 13.7. The predicted octanol–water partition coefficient (Wildman–Crippen LogP) is 2.36. The van der Waals surface area contributed by atoms with Gasteiger partial charge in [0.05, 0.1) is 12.2 Å². The normalized spacial score (nSPS) is 19.6. The highest BCUT2D eigenvalue weighted by atomic mass is 16.3. The maximum atomic E-state index is 8.94. The average molecular weight is 200 g/mol. The second-order valence-electron chi connectivity index (χ2n) is 4.28. The number of aliphatic hydroxyl groups excluding tert-OH is 2. The van der Waals surface area contributed by atoms with Gasteiger partial charge >= 0.3 is 0 Å². The lowest BCUT2D eigenvalue weighted by Gasteiger charge is -2.09. The first-order chi connectivity index (χ1) is 6.52. The minimum absolute atomic E-state index is 0.0972. The van der Waals surface area contributed by atoms with Crippen molar-refractivity contribution in [2.75, 3.05) is 0 Å². The van der Waals surface area contributed by atoms with Crippen LogP contribution in [0.15, 0.2) is 12.7 Å². The van der Waals surface area contributed by atoms with Crippen molar-refractivity contribution in [2.24, 2.45) is 11.8 Å². The number of hydrogen-bond donors (Lipinski definition) is 2. The zero-order chi connectivity index (χ0) is 11.1. The van der Waals surface area contributed by atoms with Gasteiger partial charge in [-0.25, -0.2) is 0 Å². The Hall–Kier alpha value is -0.340. The summed E-state index contributed by atoms with van der Waals surface area (Å²) in [5.74, 6) is 0.975. The molecule has 0 aliphatic heterocycles. The molecule has 2 N–H and O–H groups in total. The van der Waals surface area contributed by atoms with Crippen LogP contribution in [0.25, 0.3) is 0 Å². The summed E-state index contributed by atoms with van der Waals surface area (Å²) in [5, 5.41) is 17.8. The molecule has 0 aromatic rings. The van der Waals surface area contributed by atoms with Crippen molar-refractivity contribution in [2.45, 2.75) is 52.2 Å². The van der Waals surface area contributed by atoms with Gasteiger partial charge in [0.15, 0.2) is 0 Å². The zero-order valence-corrected chi connectivity index (χ0v) is 9.61. The van der Waals surface area contributed by atoms with E-state index in [-0.39, 0.29) is 12.2 Å². The quantitative estimate of drug-likeness (QED) is 0.684. The molecule has 1 saturated carbocycles. The predicted molar refractivity (Wildman–Crippen MR) is 60.1 cm³/mol. The summed E-state index contributed by atoms with van der Waals surface area (Å²) in [7, 11) is 0. The van der Waals surface area contributed by atoms with Crippen LogP contribution in [-0.4, -0.2) is 22.4 Å². The summed E-state index contributed by atoms with van der Waals surface area (Å²) in [4.78, 5) is 0. The van der Waals surface area contributed by atoms with Gasteiger partial charge in [-0.2, -0.15) is 0 Å². The largest absolute Gasteiger partial charge is 0.393 e. The minimum Gasteiger partial charge on any atom is -0.393 e. The van der Waals surface area contributed by atoms with Crippen LogP contribution in [0.3, 0.4) is 0 Å². The fourth-order valence-corrected chi connectivity index (χ4v) is 1.10. The molecular weight excluding hydrogens is 176 g/mol. The lowest BCUT2D eigenvalue weighted by atomic mass is 10.1. The van der Waals surface area contributed by atoms with E-state index < -0.39 is 0 Å². The van der Waals surface area contributed by atoms with Gasteiger partial charge in [0.1, 0.15) is 0 Å². The summed E-state index contributed by atoms with van der Waals surface area (Å²) >= 11 is 0. The lowest BCUT2D eigenvalue weighted by molar-refractivity contribution is 0.121. The van der Waals surface area contributed by atoms with Crippen molar-refractivity contribution in [1.82, 2.24) is 0 Å². The van der Waals surface area contributed by atoms with Gasteiger partial charge in [-0.15, -0.1) is 6.58 Å². The Labute approximate surface area is 87.7 Å². The van der Waals surface area contributed by atoms with Crippen molar-refractivity contribution < 1.29 is 10.2 Å². The van der Waals surface area contributed by atoms with Gasteiger partial charge in [-0.05, 0) is 31.1 Å². The van der Waals surface area contributed by atoms with E-state index in [9.17, 15) is 0 Å². The molecule has 2 atom stereocenters. The molecule has 0 saturated heterocycles. The van der Waals surface area contributed by atoms with Crippen LogP contribution < -0.4 is 0 Å². The Bertz CT molecular complexity index is 150. The maximum absolute atomic E-state index is 8.94. The monoisotopic (exact) mass is 200 g/mol. The van der Waals surface area contributed by atoms with E-state index in [0.29, 0.717) is 11.8 Å². The van der Waals surface area contributed by atoms with Crippen molar-refractivity contribution >= 4 is 0 Å². The molecule has 0 bridgehead atoms. The van der Waals surface area contributed by atoms with Crippen LogP contribution in [0.2, 0.25) is 0 Å². The maximum Gasteiger partial charge on any atom is 0.0746 e. The molecule has 0 amide bonds. The molecule has 1 aliphatic rings. The Balaban J connectivity index is 0.000000241. The molecule has 0 heterocycles. The van der Waals surface area contributed by atoms with Gasteiger partial charge in [-0.1, -0.05) is 26.8 Å². The topological polar surface area (TPSA) is 40.5 Å². The Morgan fingerprint density at radius 3 is 1.93 bits per heavy atom. The van der Waals surface area contributed by atoms with Crippen LogP contribution in [-0.2, 0) is 0 Å². The molecule has 0 aromatic carbocycles. The third kappa shape index (κ3) is 6.17. The molecular formula is C12H24O2. The molecule has 84 valence electrons. The molecule has 1 aliphatic carbocycles. The van der Waals surface area contributed by atoms with Crippen LogP contribution in [0.5, 0.6) is 0 Å². The van der Waals surface area contributed by atoms with E-state index >= 15 is 0 Å². The van der Waals surface area contributed by atoms with Crippen LogP contribution >= 0.6 is 0 Å². The van der Waals surface area contributed by atoms with E-state index in [4.69, 9.17) is 10.2 Å². The van der Waals surface area contributed by atoms with E-state index in [1.807, 2.05) is 20.8 Å². The Morgan fingerprint density at radius 2 is 1.86 bits per heavy atom. The number of aliphatic hydroxyl groups is 2. The van der Waals surface area contributed by atoms with E-state index in [1.165, 1.54) is 12.8 Å². The zero-order valence-electron chi connectivity index (χ0n) is 9.61. The molecule has 1 fully saturated rings. The molecule has 2 heteroatoms. The molecule has 2 nitrogen and oxygen atoms in total. The van der Waals surface area contributed by atoms with Gasteiger partial charge in [0, 0.05) is 0 Å². The molecule has 14 heavy (non-hydrogen) atoms.